The van der Waals surface area contributed by atoms with Gasteiger partial charge in [-0.3, -0.25) is 14.6 Å². The molecule has 1 saturated heterocycles. The second kappa shape index (κ2) is 11.6. The molecular formula is C24H30ClN3O3S. The third-order valence-corrected chi connectivity index (χ3v) is 6.64. The summed E-state index contributed by atoms with van der Waals surface area (Å²) in [5, 5.41) is 0.743. The zero-order chi connectivity index (χ0) is 21.6. The Morgan fingerprint density at radius 2 is 1.94 bits per heavy atom. The van der Waals surface area contributed by atoms with Crippen molar-refractivity contribution < 1.29 is 14.3 Å². The van der Waals surface area contributed by atoms with Gasteiger partial charge >= 0.3 is 0 Å². The number of ether oxygens (including phenoxy) is 2. The van der Waals surface area contributed by atoms with Crippen LogP contribution in [0.3, 0.4) is 0 Å². The molecule has 0 saturated carbocycles. The Morgan fingerprint density at radius 3 is 2.69 bits per heavy atom. The number of fused-ring (bicyclic) bond motifs is 1. The highest BCUT2D eigenvalue weighted by molar-refractivity contribution is 7.22. The summed E-state index contributed by atoms with van der Waals surface area (Å²) in [5.74, 6) is 0.624. The van der Waals surface area contributed by atoms with Gasteiger partial charge in [0.05, 0.1) is 23.4 Å². The molecule has 1 aromatic heterocycles. The van der Waals surface area contributed by atoms with Gasteiger partial charge in [-0.25, -0.2) is 4.98 Å². The van der Waals surface area contributed by atoms with E-state index in [0.717, 1.165) is 54.6 Å². The lowest BCUT2D eigenvalue weighted by atomic mass is 10.1. The highest BCUT2D eigenvalue weighted by atomic mass is 35.5. The number of morpholine rings is 1. The molecule has 1 fully saturated rings. The number of benzene rings is 2. The number of carbonyl (C=O) groups is 1. The van der Waals surface area contributed by atoms with Crippen LogP contribution >= 0.6 is 23.7 Å². The second-order valence-electron chi connectivity index (χ2n) is 7.88. The maximum Gasteiger partial charge on any atom is 0.266 e. The number of rotatable bonds is 8. The zero-order valence-corrected chi connectivity index (χ0v) is 20.2. The Bertz CT molecular complexity index is 1020. The van der Waals surface area contributed by atoms with E-state index in [1.54, 1.807) is 16.2 Å². The minimum atomic E-state index is -0.0701. The van der Waals surface area contributed by atoms with Gasteiger partial charge in [-0.05, 0) is 49.6 Å². The number of anilines is 1. The zero-order valence-electron chi connectivity index (χ0n) is 18.6. The number of para-hydroxylation sites is 1. The number of nitrogens with zero attached hydrogens (tertiary/aromatic N) is 3. The van der Waals surface area contributed by atoms with Gasteiger partial charge in [0.1, 0.15) is 5.75 Å². The smallest absolute Gasteiger partial charge is 0.266 e. The molecule has 1 aliphatic rings. The van der Waals surface area contributed by atoms with Crippen molar-refractivity contribution in [1.29, 1.82) is 0 Å². The van der Waals surface area contributed by atoms with Gasteiger partial charge in [0.25, 0.3) is 5.91 Å². The van der Waals surface area contributed by atoms with E-state index in [-0.39, 0.29) is 24.9 Å². The summed E-state index contributed by atoms with van der Waals surface area (Å²) in [5.41, 5.74) is 3.33. The molecule has 1 aliphatic heterocycles. The van der Waals surface area contributed by atoms with Gasteiger partial charge in [-0.2, -0.15) is 0 Å². The first-order valence-electron chi connectivity index (χ1n) is 10.8. The Hall–Kier alpha value is -2.19. The fourth-order valence-electron chi connectivity index (χ4n) is 3.82. The molecule has 0 aliphatic carbocycles. The van der Waals surface area contributed by atoms with Crippen LogP contribution in [0.2, 0.25) is 0 Å². The predicted molar refractivity (Wildman–Crippen MR) is 133 cm³/mol. The van der Waals surface area contributed by atoms with Crippen molar-refractivity contribution in [2.45, 2.75) is 20.3 Å². The van der Waals surface area contributed by atoms with Gasteiger partial charge in [-0.1, -0.05) is 35.6 Å². The number of aryl methyl sites for hydroxylation is 2. The van der Waals surface area contributed by atoms with Crippen LogP contribution in [0.4, 0.5) is 5.13 Å². The van der Waals surface area contributed by atoms with E-state index in [1.807, 2.05) is 30.3 Å². The monoisotopic (exact) mass is 475 g/mol. The SMILES string of the molecule is Cc1cc(C)c2sc(N(CCCN3CCOCC3)C(=O)COc3ccccc3)nc2c1.Cl. The van der Waals surface area contributed by atoms with E-state index < -0.39 is 0 Å². The van der Waals surface area contributed by atoms with Crippen molar-refractivity contribution in [2.75, 3.05) is 50.9 Å². The summed E-state index contributed by atoms with van der Waals surface area (Å²) in [7, 11) is 0. The van der Waals surface area contributed by atoms with Crippen LogP contribution < -0.4 is 9.64 Å². The average Bonchev–Trinajstić information content (AvgIpc) is 3.20. The van der Waals surface area contributed by atoms with Gasteiger partial charge in [0.15, 0.2) is 11.7 Å². The first-order chi connectivity index (χ1) is 15.1. The van der Waals surface area contributed by atoms with Crippen LogP contribution in [0, 0.1) is 13.8 Å². The van der Waals surface area contributed by atoms with Crippen LogP contribution in [-0.4, -0.2) is 61.8 Å². The molecule has 0 spiro atoms. The minimum absolute atomic E-state index is 0. The number of hydrogen-bond acceptors (Lipinski definition) is 6. The third kappa shape index (κ3) is 6.19. The molecule has 0 unspecified atom stereocenters. The standard InChI is InChI=1S/C24H29N3O3S.ClH/c1-18-15-19(2)23-21(16-18)25-24(31-23)27(10-6-9-26-11-13-29-14-12-26)22(28)17-30-20-7-4-3-5-8-20;/h3-5,7-8,15-16H,6,9-14,17H2,1-2H3;1H. The maximum atomic E-state index is 13.2. The van der Waals surface area contributed by atoms with Crippen molar-refractivity contribution in [1.82, 2.24) is 9.88 Å². The third-order valence-electron chi connectivity index (χ3n) is 5.41. The number of amides is 1. The normalized spacial score (nSPS) is 14.2. The summed E-state index contributed by atoms with van der Waals surface area (Å²) in [4.78, 5) is 22.2. The molecular weight excluding hydrogens is 446 g/mol. The Kier molecular flexibility index (Phi) is 8.87. The van der Waals surface area contributed by atoms with Crippen molar-refractivity contribution in [3.05, 3.63) is 53.6 Å². The summed E-state index contributed by atoms with van der Waals surface area (Å²) < 4.78 is 12.3. The highest BCUT2D eigenvalue weighted by Crippen LogP contribution is 2.32. The van der Waals surface area contributed by atoms with Crippen LogP contribution in [0.15, 0.2) is 42.5 Å². The fraction of sp³-hybridized carbons (Fsp3) is 0.417. The van der Waals surface area contributed by atoms with Gasteiger partial charge in [0, 0.05) is 26.2 Å². The molecule has 4 rings (SSSR count). The molecule has 6 nitrogen and oxygen atoms in total. The molecule has 0 bridgehead atoms. The molecule has 0 radical (unpaired) electrons. The number of aromatic nitrogens is 1. The predicted octanol–water partition coefficient (Wildman–Crippen LogP) is 4.47. The van der Waals surface area contributed by atoms with Gasteiger partial charge in [-0.15, -0.1) is 12.4 Å². The van der Waals surface area contributed by atoms with Crippen molar-refractivity contribution >= 4 is 45.0 Å². The van der Waals surface area contributed by atoms with E-state index >= 15 is 0 Å². The van der Waals surface area contributed by atoms with E-state index in [0.29, 0.717) is 12.3 Å². The lowest BCUT2D eigenvalue weighted by Gasteiger charge is -2.27. The first-order valence-corrected chi connectivity index (χ1v) is 11.6. The van der Waals surface area contributed by atoms with Crippen LogP contribution in [0.25, 0.3) is 10.2 Å². The van der Waals surface area contributed by atoms with Crippen LogP contribution in [0.1, 0.15) is 17.5 Å². The topological polar surface area (TPSA) is 54.9 Å². The van der Waals surface area contributed by atoms with E-state index in [2.05, 4.69) is 30.9 Å². The second-order valence-corrected chi connectivity index (χ2v) is 8.86. The number of hydrogen-bond donors (Lipinski definition) is 0. The molecule has 3 aromatic rings. The largest absolute Gasteiger partial charge is 0.484 e. The summed E-state index contributed by atoms with van der Waals surface area (Å²) in [6.45, 7) is 9.19. The summed E-state index contributed by atoms with van der Waals surface area (Å²) >= 11 is 1.58. The lowest BCUT2D eigenvalue weighted by molar-refractivity contribution is -0.120. The molecule has 0 N–H and O–H groups in total. The van der Waals surface area contributed by atoms with Crippen molar-refractivity contribution in [3.63, 3.8) is 0 Å². The van der Waals surface area contributed by atoms with E-state index in [1.165, 1.54) is 11.1 Å². The quantitative estimate of drug-likeness (QED) is 0.481. The van der Waals surface area contributed by atoms with Gasteiger partial charge in [0.2, 0.25) is 0 Å². The van der Waals surface area contributed by atoms with Crippen LogP contribution in [-0.2, 0) is 9.53 Å². The summed E-state index contributed by atoms with van der Waals surface area (Å²) in [6, 6.07) is 13.7. The molecule has 8 heteroatoms. The maximum absolute atomic E-state index is 13.2. The van der Waals surface area contributed by atoms with Crippen molar-refractivity contribution in [2.24, 2.45) is 0 Å². The number of carbonyl (C=O) groups excluding carboxylic acids is 1. The lowest BCUT2D eigenvalue weighted by Crippen LogP contribution is -2.40. The van der Waals surface area contributed by atoms with Crippen LogP contribution in [0.5, 0.6) is 5.75 Å². The molecule has 0 atom stereocenters. The first kappa shape index (κ1) is 24.5. The van der Waals surface area contributed by atoms with Crippen molar-refractivity contribution in [3.8, 4) is 5.75 Å². The molecule has 2 aromatic carbocycles. The minimum Gasteiger partial charge on any atom is -0.484 e. The van der Waals surface area contributed by atoms with E-state index in [9.17, 15) is 4.79 Å². The Labute approximate surface area is 199 Å². The molecule has 1 amide bonds. The highest BCUT2D eigenvalue weighted by Gasteiger charge is 2.21. The number of thiazole rings is 1. The fourth-order valence-corrected chi connectivity index (χ4v) is 4.88. The average molecular weight is 476 g/mol. The van der Waals surface area contributed by atoms with E-state index in [4.69, 9.17) is 14.5 Å². The van der Waals surface area contributed by atoms with Gasteiger partial charge < -0.3 is 9.47 Å². The molecule has 172 valence electrons. The molecule has 2 heterocycles. The molecule has 32 heavy (non-hydrogen) atoms. The Morgan fingerprint density at radius 1 is 1.19 bits per heavy atom. The Balaban J connectivity index is 0.00000289. The summed E-state index contributed by atoms with van der Waals surface area (Å²) in [6.07, 6.45) is 0.880. The number of halogens is 1.